The summed E-state index contributed by atoms with van der Waals surface area (Å²) in [4.78, 5) is 8.00. The number of carbonyl (C=O) groups excluding carboxylic acids is 1. The van der Waals surface area contributed by atoms with Crippen molar-refractivity contribution in [3.63, 3.8) is 0 Å². The van der Waals surface area contributed by atoms with Gasteiger partial charge in [-0.05, 0) is 10.8 Å². The zero-order chi connectivity index (χ0) is 8.81. The van der Waals surface area contributed by atoms with Crippen LogP contribution in [0.4, 0.5) is 0 Å². The number of hydrogen-bond acceptors (Lipinski definition) is 1. The summed E-state index contributed by atoms with van der Waals surface area (Å²) >= 11 is 0. The van der Waals surface area contributed by atoms with Crippen molar-refractivity contribution in [2.24, 2.45) is 0 Å². The molecule has 0 unspecified atom stereocenters. The molecule has 2 heteroatoms. The van der Waals surface area contributed by atoms with Crippen LogP contribution < -0.4 is 0 Å². The first-order valence-corrected chi connectivity index (χ1v) is 3.69. The van der Waals surface area contributed by atoms with Gasteiger partial charge in [0.15, 0.2) is 0 Å². The molecule has 61 valence electrons. The Labute approximate surface area is 100 Å². The van der Waals surface area contributed by atoms with Gasteiger partial charge in [0.2, 0.25) is 0 Å². The Hall–Kier alpha value is -0.630. The molecule has 0 bridgehead atoms. The zero-order valence-corrected chi connectivity index (χ0v) is 9.73. The second-order valence-corrected chi connectivity index (χ2v) is 2.35. The normalized spacial score (nSPS) is 8.00. The van der Waals surface area contributed by atoms with Crippen molar-refractivity contribution in [1.29, 1.82) is 0 Å². The van der Waals surface area contributed by atoms with Gasteiger partial charge < -0.3 is 4.79 Å². The Balaban J connectivity index is 0.000000451. The first-order valence-electron chi connectivity index (χ1n) is 3.69. The molecule has 0 saturated heterocycles. The maximum Gasteiger partial charge on any atom is 0.106 e. The van der Waals surface area contributed by atoms with Crippen LogP contribution in [0.25, 0.3) is 10.8 Å². The Kier molecular flexibility index (Phi) is 6.51. The van der Waals surface area contributed by atoms with Gasteiger partial charge in [-0.1, -0.05) is 48.5 Å². The van der Waals surface area contributed by atoms with Crippen LogP contribution in [0.5, 0.6) is 0 Å². The third-order valence-electron chi connectivity index (χ3n) is 1.66. The molecule has 0 atom stereocenters. The van der Waals surface area contributed by atoms with Crippen LogP contribution in [-0.4, -0.2) is 36.3 Å². The van der Waals surface area contributed by atoms with E-state index in [-0.39, 0.29) is 29.6 Å². The Morgan fingerprint density at radius 2 is 0.923 bits per heavy atom. The molecule has 0 saturated carbocycles. The molecule has 0 aromatic heterocycles. The summed E-state index contributed by atoms with van der Waals surface area (Å²) in [6.45, 7) is 2.00. The summed E-state index contributed by atoms with van der Waals surface area (Å²) in [6.07, 6.45) is 0. The molecule has 13 heavy (non-hydrogen) atoms. The van der Waals surface area contributed by atoms with Gasteiger partial charge >= 0.3 is 0 Å². The van der Waals surface area contributed by atoms with Crippen molar-refractivity contribution >= 4 is 47.1 Å². The molecule has 0 aliphatic carbocycles. The van der Waals surface area contributed by atoms with E-state index in [4.69, 9.17) is 4.79 Å². The minimum atomic E-state index is 0. The van der Waals surface area contributed by atoms with Crippen molar-refractivity contribution in [3.05, 3.63) is 48.5 Å². The summed E-state index contributed by atoms with van der Waals surface area (Å²) in [5.74, 6) is 0. The number of hydrogen-bond donors (Lipinski definition) is 0. The average molecular weight is 181 g/mol. The summed E-state index contributed by atoms with van der Waals surface area (Å²) in [5, 5.41) is 2.62. The van der Waals surface area contributed by atoms with Crippen LogP contribution in [0.1, 0.15) is 0 Å². The molecule has 2 aromatic rings. The summed E-state index contributed by atoms with van der Waals surface area (Å²) in [5.41, 5.74) is 0. The number of benzene rings is 2. The summed E-state index contributed by atoms with van der Waals surface area (Å²) in [7, 11) is 0. The molecular formula is C11H10NaO. The topological polar surface area (TPSA) is 17.1 Å². The Morgan fingerprint density at radius 3 is 1.15 bits per heavy atom. The predicted octanol–water partition coefficient (Wildman–Crippen LogP) is 2.27. The van der Waals surface area contributed by atoms with Crippen molar-refractivity contribution in [2.75, 3.05) is 0 Å². The second kappa shape index (κ2) is 6.84. The van der Waals surface area contributed by atoms with E-state index in [9.17, 15) is 0 Å². The largest absolute Gasteiger partial charge is 0.307 e. The van der Waals surface area contributed by atoms with Crippen LogP contribution in [0.2, 0.25) is 0 Å². The van der Waals surface area contributed by atoms with Crippen LogP contribution in [-0.2, 0) is 4.79 Å². The van der Waals surface area contributed by atoms with Crippen LogP contribution in [0, 0.1) is 0 Å². The number of carbonyl (C=O) groups is 1. The van der Waals surface area contributed by atoms with E-state index >= 15 is 0 Å². The van der Waals surface area contributed by atoms with E-state index in [1.165, 1.54) is 10.8 Å². The van der Waals surface area contributed by atoms with Gasteiger partial charge in [0.05, 0.1) is 0 Å². The van der Waals surface area contributed by atoms with Crippen molar-refractivity contribution in [3.8, 4) is 0 Å². The SMILES string of the molecule is C=O.[Na].c1ccc2ccccc2c1. The van der Waals surface area contributed by atoms with Crippen molar-refractivity contribution < 1.29 is 4.79 Å². The Morgan fingerprint density at radius 1 is 0.692 bits per heavy atom. The minimum Gasteiger partial charge on any atom is -0.307 e. The number of rotatable bonds is 0. The standard InChI is InChI=1S/C10H8.CH2O.Na/c1-2-6-10-8-4-3-7-9(10)5-1;1-2;/h1-8H;1H2;. The molecule has 1 nitrogen and oxygen atoms in total. The maximum atomic E-state index is 8.00. The first kappa shape index (κ1) is 12.4. The fourth-order valence-electron chi connectivity index (χ4n) is 1.13. The van der Waals surface area contributed by atoms with E-state index in [1.807, 2.05) is 6.79 Å². The average Bonchev–Trinajstić information content (AvgIpc) is 2.21. The molecule has 0 fully saturated rings. The maximum absolute atomic E-state index is 8.00. The van der Waals surface area contributed by atoms with E-state index in [1.54, 1.807) is 0 Å². The van der Waals surface area contributed by atoms with E-state index in [0.29, 0.717) is 0 Å². The third-order valence-corrected chi connectivity index (χ3v) is 1.66. The third kappa shape index (κ3) is 3.31. The van der Waals surface area contributed by atoms with Crippen LogP contribution in [0.15, 0.2) is 48.5 Å². The molecular weight excluding hydrogens is 171 g/mol. The van der Waals surface area contributed by atoms with Gasteiger partial charge in [-0.2, -0.15) is 0 Å². The monoisotopic (exact) mass is 181 g/mol. The second-order valence-electron chi connectivity index (χ2n) is 2.35. The van der Waals surface area contributed by atoms with Crippen LogP contribution >= 0.6 is 0 Å². The fourth-order valence-corrected chi connectivity index (χ4v) is 1.13. The smallest absolute Gasteiger partial charge is 0.106 e. The molecule has 2 aromatic carbocycles. The molecule has 0 aliphatic heterocycles. The molecule has 0 N–H and O–H groups in total. The van der Waals surface area contributed by atoms with E-state index < -0.39 is 0 Å². The molecule has 2 rings (SSSR count). The minimum absolute atomic E-state index is 0. The van der Waals surface area contributed by atoms with E-state index in [0.717, 1.165) is 0 Å². The Bertz CT molecular complexity index is 294. The van der Waals surface area contributed by atoms with Gasteiger partial charge in [-0.3, -0.25) is 0 Å². The zero-order valence-electron chi connectivity index (χ0n) is 7.73. The van der Waals surface area contributed by atoms with Gasteiger partial charge in [0, 0.05) is 29.6 Å². The molecule has 0 spiro atoms. The molecule has 0 amide bonds. The summed E-state index contributed by atoms with van der Waals surface area (Å²) < 4.78 is 0. The number of fused-ring (bicyclic) bond motifs is 1. The predicted molar refractivity (Wildman–Crippen MR) is 56.8 cm³/mol. The van der Waals surface area contributed by atoms with Crippen LogP contribution in [0.3, 0.4) is 0 Å². The van der Waals surface area contributed by atoms with Gasteiger partial charge in [0.25, 0.3) is 0 Å². The van der Waals surface area contributed by atoms with Crippen molar-refractivity contribution in [1.82, 2.24) is 0 Å². The van der Waals surface area contributed by atoms with Gasteiger partial charge in [-0.15, -0.1) is 0 Å². The quantitative estimate of drug-likeness (QED) is 0.570. The van der Waals surface area contributed by atoms with Gasteiger partial charge in [-0.25, -0.2) is 0 Å². The molecule has 0 aliphatic rings. The molecule has 0 heterocycles. The first-order chi connectivity index (χ1) is 5.97. The van der Waals surface area contributed by atoms with Gasteiger partial charge in [0.1, 0.15) is 6.79 Å². The molecule has 1 radical (unpaired) electrons. The van der Waals surface area contributed by atoms with E-state index in [2.05, 4.69) is 48.5 Å². The summed E-state index contributed by atoms with van der Waals surface area (Å²) in [6, 6.07) is 16.7. The fraction of sp³-hybridized carbons (Fsp3) is 0. The van der Waals surface area contributed by atoms with Crippen molar-refractivity contribution in [2.45, 2.75) is 0 Å².